The summed E-state index contributed by atoms with van der Waals surface area (Å²) in [7, 11) is 0. The molecular formula is C22H20N4O2. The Hall–Kier alpha value is -3.64. The van der Waals surface area contributed by atoms with Gasteiger partial charge in [-0.2, -0.15) is 0 Å². The number of fused-ring (bicyclic) bond motifs is 1. The molecule has 6 nitrogen and oxygen atoms in total. The Labute approximate surface area is 162 Å². The molecule has 0 fully saturated rings. The van der Waals surface area contributed by atoms with Gasteiger partial charge in [0.1, 0.15) is 17.7 Å². The fourth-order valence-electron chi connectivity index (χ4n) is 3.06. The van der Waals surface area contributed by atoms with E-state index >= 15 is 0 Å². The summed E-state index contributed by atoms with van der Waals surface area (Å²) in [6, 6.07) is 22.5. The van der Waals surface area contributed by atoms with Crippen LogP contribution in [0.5, 0.6) is 5.75 Å². The number of phenolic OH excluding ortho intramolecular Hbond substituents is 1. The molecule has 0 aliphatic rings. The number of hydrogen-bond acceptors (Lipinski definition) is 6. The van der Waals surface area contributed by atoms with Gasteiger partial charge in [0.25, 0.3) is 0 Å². The van der Waals surface area contributed by atoms with Gasteiger partial charge >= 0.3 is 0 Å². The highest BCUT2D eigenvalue weighted by Crippen LogP contribution is 2.31. The van der Waals surface area contributed by atoms with E-state index in [2.05, 4.69) is 20.8 Å². The second kappa shape index (κ2) is 7.54. The van der Waals surface area contributed by atoms with Crippen molar-refractivity contribution < 1.29 is 10.2 Å². The number of aromatic nitrogens is 2. The molecule has 0 radical (unpaired) electrons. The number of aliphatic hydroxyl groups is 1. The van der Waals surface area contributed by atoms with E-state index in [-0.39, 0.29) is 5.75 Å². The third-order valence-corrected chi connectivity index (χ3v) is 4.35. The summed E-state index contributed by atoms with van der Waals surface area (Å²) < 4.78 is 0. The molecule has 4 rings (SSSR count). The number of aliphatic hydroxyl groups excluding tert-OH is 1. The monoisotopic (exact) mass is 372 g/mol. The average molecular weight is 372 g/mol. The van der Waals surface area contributed by atoms with Crippen LogP contribution in [0.1, 0.15) is 6.92 Å². The molecule has 6 heteroatoms. The topological polar surface area (TPSA) is 90.3 Å². The van der Waals surface area contributed by atoms with Gasteiger partial charge in [-0.25, -0.2) is 0 Å². The number of aromatic hydroxyl groups is 1. The van der Waals surface area contributed by atoms with E-state index in [1.54, 1.807) is 19.1 Å². The summed E-state index contributed by atoms with van der Waals surface area (Å²) in [5.74, 6) is 0.877. The normalized spacial score (nSPS) is 11.9. The highest BCUT2D eigenvalue weighted by Gasteiger charge is 2.11. The first-order chi connectivity index (χ1) is 13.6. The van der Waals surface area contributed by atoms with E-state index in [9.17, 15) is 10.2 Å². The molecule has 0 saturated heterocycles. The second-order valence-electron chi connectivity index (χ2n) is 6.51. The van der Waals surface area contributed by atoms with Crippen LogP contribution in [0.2, 0.25) is 0 Å². The van der Waals surface area contributed by atoms with Crippen LogP contribution in [0, 0.1) is 0 Å². The van der Waals surface area contributed by atoms with Gasteiger partial charge < -0.3 is 20.8 Å². The molecule has 0 spiro atoms. The number of phenols is 1. The third-order valence-electron chi connectivity index (χ3n) is 4.35. The number of anilines is 3. The smallest absolute Gasteiger partial charge is 0.161 e. The standard InChI is InChI=1S/C22H20N4O2/c1-14(27)23-16-8-10-17(11-9-16)24-22-20-5-3-2-4-19(20)21(25-26-22)15-6-12-18(28)13-7-15/h2-14,23,27-28H,1H3,(H,24,26). The molecule has 4 N–H and O–H groups in total. The van der Waals surface area contributed by atoms with Crippen LogP contribution in [-0.4, -0.2) is 26.6 Å². The van der Waals surface area contributed by atoms with Gasteiger partial charge in [-0.1, -0.05) is 24.3 Å². The molecule has 1 aromatic heterocycles. The van der Waals surface area contributed by atoms with Crippen molar-refractivity contribution in [3.63, 3.8) is 0 Å². The van der Waals surface area contributed by atoms with E-state index in [0.29, 0.717) is 5.82 Å². The maximum absolute atomic E-state index is 9.53. The Morgan fingerprint density at radius 2 is 1.43 bits per heavy atom. The summed E-state index contributed by atoms with van der Waals surface area (Å²) >= 11 is 0. The molecule has 0 amide bonds. The molecule has 0 saturated carbocycles. The van der Waals surface area contributed by atoms with E-state index in [1.165, 1.54) is 0 Å². The van der Waals surface area contributed by atoms with Crippen molar-refractivity contribution >= 4 is 28.0 Å². The minimum absolute atomic E-state index is 0.216. The Morgan fingerprint density at radius 3 is 2.11 bits per heavy atom. The summed E-state index contributed by atoms with van der Waals surface area (Å²) in [6.45, 7) is 1.67. The highest BCUT2D eigenvalue weighted by molar-refractivity contribution is 6.00. The predicted octanol–water partition coefficient (Wildman–Crippen LogP) is 4.50. The van der Waals surface area contributed by atoms with Gasteiger partial charge in [0.15, 0.2) is 5.82 Å². The Bertz CT molecular complexity index is 1090. The molecule has 1 atom stereocenters. The summed E-state index contributed by atoms with van der Waals surface area (Å²) in [6.07, 6.45) is -0.610. The number of hydrogen-bond donors (Lipinski definition) is 4. The zero-order valence-electron chi connectivity index (χ0n) is 15.3. The van der Waals surface area contributed by atoms with E-state index in [4.69, 9.17) is 0 Å². The van der Waals surface area contributed by atoms with Crippen molar-refractivity contribution in [2.75, 3.05) is 10.6 Å². The lowest BCUT2D eigenvalue weighted by Crippen LogP contribution is -2.12. The molecule has 1 heterocycles. The third kappa shape index (κ3) is 3.72. The highest BCUT2D eigenvalue weighted by atomic mass is 16.3. The molecule has 4 aromatic rings. The molecular weight excluding hydrogens is 352 g/mol. The molecule has 0 aliphatic heterocycles. The van der Waals surface area contributed by atoms with Crippen LogP contribution < -0.4 is 10.6 Å². The first-order valence-electron chi connectivity index (χ1n) is 8.97. The summed E-state index contributed by atoms with van der Waals surface area (Å²) in [5.41, 5.74) is 3.35. The van der Waals surface area contributed by atoms with Crippen molar-refractivity contribution in [3.05, 3.63) is 72.8 Å². The van der Waals surface area contributed by atoms with Crippen LogP contribution in [0.4, 0.5) is 17.2 Å². The van der Waals surface area contributed by atoms with Crippen LogP contribution >= 0.6 is 0 Å². The van der Waals surface area contributed by atoms with Gasteiger partial charge in [0.05, 0.1) is 0 Å². The molecule has 0 aliphatic carbocycles. The first-order valence-corrected chi connectivity index (χ1v) is 8.97. The number of benzene rings is 3. The van der Waals surface area contributed by atoms with Crippen molar-refractivity contribution in [3.8, 4) is 17.0 Å². The molecule has 140 valence electrons. The van der Waals surface area contributed by atoms with Gasteiger partial charge in [0.2, 0.25) is 0 Å². The van der Waals surface area contributed by atoms with Gasteiger partial charge in [-0.05, 0) is 55.5 Å². The van der Waals surface area contributed by atoms with Crippen molar-refractivity contribution in [1.82, 2.24) is 10.2 Å². The van der Waals surface area contributed by atoms with Crippen molar-refractivity contribution in [2.24, 2.45) is 0 Å². The number of nitrogens with zero attached hydrogens (tertiary/aromatic N) is 2. The van der Waals surface area contributed by atoms with E-state index in [0.717, 1.165) is 33.4 Å². The molecule has 28 heavy (non-hydrogen) atoms. The zero-order chi connectivity index (χ0) is 19.5. The first kappa shape index (κ1) is 17.8. The molecule has 3 aromatic carbocycles. The minimum Gasteiger partial charge on any atom is -0.508 e. The van der Waals surface area contributed by atoms with E-state index in [1.807, 2.05) is 60.7 Å². The lowest BCUT2D eigenvalue weighted by Gasteiger charge is -2.13. The summed E-state index contributed by atoms with van der Waals surface area (Å²) in [4.78, 5) is 0. The maximum Gasteiger partial charge on any atom is 0.161 e. The number of rotatable bonds is 5. The largest absolute Gasteiger partial charge is 0.508 e. The van der Waals surface area contributed by atoms with Crippen LogP contribution in [0.3, 0.4) is 0 Å². The quantitative estimate of drug-likeness (QED) is 0.386. The van der Waals surface area contributed by atoms with Crippen molar-refractivity contribution in [1.29, 1.82) is 0 Å². The Kier molecular flexibility index (Phi) is 4.78. The average Bonchev–Trinajstić information content (AvgIpc) is 2.70. The second-order valence-corrected chi connectivity index (χ2v) is 6.51. The number of nitrogens with one attached hydrogen (secondary N) is 2. The Balaban J connectivity index is 1.69. The molecule has 1 unspecified atom stereocenters. The minimum atomic E-state index is -0.610. The van der Waals surface area contributed by atoms with Crippen LogP contribution in [0.15, 0.2) is 72.8 Å². The van der Waals surface area contributed by atoms with Gasteiger partial charge in [0, 0.05) is 27.7 Å². The fourth-order valence-corrected chi connectivity index (χ4v) is 3.06. The lowest BCUT2D eigenvalue weighted by atomic mass is 10.0. The van der Waals surface area contributed by atoms with E-state index < -0.39 is 6.23 Å². The maximum atomic E-state index is 9.53. The van der Waals surface area contributed by atoms with Gasteiger partial charge in [-0.15, -0.1) is 10.2 Å². The van der Waals surface area contributed by atoms with Crippen molar-refractivity contribution in [2.45, 2.75) is 13.2 Å². The predicted molar refractivity (Wildman–Crippen MR) is 112 cm³/mol. The molecule has 0 bridgehead atoms. The lowest BCUT2D eigenvalue weighted by molar-refractivity contribution is 0.224. The Morgan fingerprint density at radius 1 is 0.786 bits per heavy atom. The van der Waals surface area contributed by atoms with Crippen LogP contribution in [0.25, 0.3) is 22.0 Å². The fraction of sp³-hybridized carbons (Fsp3) is 0.0909. The SMILES string of the molecule is CC(O)Nc1ccc(Nc2nnc(-c3ccc(O)cc3)c3ccccc23)cc1. The zero-order valence-corrected chi connectivity index (χ0v) is 15.3. The summed E-state index contributed by atoms with van der Waals surface area (Å²) in [5, 5.41) is 35.9. The van der Waals surface area contributed by atoms with Crippen LogP contribution in [-0.2, 0) is 0 Å². The van der Waals surface area contributed by atoms with Gasteiger partial charge in [-0.3, -0.25) is 0 Å².